The first kappa shape index (κ1) is 13.5. The van der Waals surface area contributed by atoms with Gasteiger partial charge in [0.25, 0.3) is 0 Å². The van der Waals surface area contributed by atoms with E-state index in [0.717, 1.165) is 11.4 Å². The third-order valence-electron chi connectivity index (χ3n) is 2.27. The molecule has 0 saturated carbocycles. The highest BCUT2D eigenvalue weighted by molar-refractivity contribution is 5.85. The number of rotatable bonds is 2. The van der Waals surface area contributed by atoms with Gasteiger partial charge >= 0.3 is 0 Å². The van der Waals surface area contributed by atoms with E-state index in [1.165, 1.54) is 0 Å². The summed E-state index contributed by atoms with van der Waals surface area (Å²) in [6.07, 6.45) is 3.34. The van der Waals surface area contributed by atoms with Crippen molar-refractivity contribution < 1.29 is 4.79 Å². The zero-order chi connectivity index (χ0) is 12.0. The molecule has 1 unspecified atom stereocenters. The lowest BCUT2D eigenvalue weighted by Gasteiger charge is -2.33. The van der Waals surface area contributed by atoms with Crippen LogP contribution in [0.2, 0.25) is 0 Å². The Bertz CT molecular complexity index is 292. The van der Waals surface area contributed by atoms with Crippen LogP contribution in [0.1, 0.15) is 20.8 Å². The molecule has 1 rings (SSSR count). The first-order valence-corrected chi connectivity index (χ1v) is 5.14. The lowest BCUT2D eigenvalue weighted by molar-refractivity contribution is -0.124. The molecule has 3 heteroatoms. The van der Waals surface area contributed by atoms with Crippen LogP contribution in [0.5, 0.6) is 0 Å². The summed E-state index contributed by atoms with van der Waals surface area (Å²) in [5.41, 5.74) is 1.63. The van der Waals surface area contributed by atoms with Gasteiger partial charge in [-0.2, -0.15) is 0 Å². The van der Waals surface area contributed by atoms with Gasteiger partial charge in [0.15, 0.2) is 0 Å². The Balaban J connectivity index is 0.000000921. The van der Waals surface area contributed by atoms with Gasteiger partial charge in [0.2, 0.25) is 5.91 Å². The van der Waals surface area contributed by atoms with Gasteiger partial charge in [0.1, 0.15) is 6.04 Å². The summed E-state index contributed by atoms with van der Waals surface area (Å²) in [6, 6.07) is -0.156. The average Bonchev–Trinajstić information content (AvgIpc) is 2.28. The van der Waals surface area contributed by atoms with E-state index in [2.05, 4.69) is 18.5 Å². The molecular formula is C12H20N2O. The minimum atomic E-state index is -0.156. The van der Waals surface area contributed by atoms with Crippen LogP contribution in [0.25, 0.3) is 0 Å². The predicted octanol–water partition coefficient (Wildman–Crippen LogP) is 2.05. The largest absolute Gasteiger partial charge is 0.361 e. The van der Waals surface area contributed by atoms with E-state index >= 15 is 0 Å². The smallest absolute Gasteiger partial charge is 0.246 e. The number of carbonyl (C=O) groups is 1. The first-order valence-electron chi connectivity index (χ1n) is 5.14. The van der Waals surface area contributed by atoms with Crippen molar-refractivity contribution in [2.75, 3.05) is 7.05 Å². The first-order chi connectivity index (χ1) is 7.11. The van der Waals surface area contributed by atoms with Gasteiger partial charge in [0, 0.05) is 7.05 Å². The van der Waals surface area contributed by atoms with Crippen molar-refractivity contribution in [2.24, 2.45) is 0 Å². The minimum absolute atomic E-state index is 0.0111. The normalized spacial score (nSPS) is 20.1. The van der Waals surface area contributed by atoms with Crippen LogP contribution in [0.15, 0.2) is 36.7 Å². The molecule has 1 aliphatic heterocycles. The second-order valence-corrected chi connectivity index (χ2v) is 2.98. The Morgan fingerprint density at radius 3 is 2.27 bits per heavy atom. The summed E-state index contributed by atoms with van der Waals surface area (Å²) in [7, 11) is 1.86. The van der Waals surface area contributed by atoms with E-state index in [-0.39, 0.29) is 11.9 Å². The predicted molar refractivity (Wildman–Crippen MR) is 64.1 cm³/mol. The van der Waals surface area contributed by atoms with E-state index in [1.807, 2.05) is 32.7 Å². The van der Waals surface area contributed by atoms with E-state index in [9.17, 15) is 4.79 Å². The van der Waals surface area contributed by atoms with Gasteiger partial charge in [0.05, 0.1) is 11.4 Å². The van der Waals surface area contributed by atoms with Crippen molar-refractivity contribution in [3.05, 3.63) is 36.7 Å². The van der Waals surface area contributed by atoms with Gasteiger partial charge < -0.3 is 10.2 Å². The summed E-state index contributed by atoms with van der Waals surface area (Å²) < 4.78 is 0. The zero-order valence-electron chi connectivity index (χ0n) is 10.0. The van der Waals surface area contributed by atoms with Gasteiger partial charge in [-0.3, -0.25) is 4.79 Å². The second kappa shape index (κ2) is 6.06. The Labute approximate surface area is 92.2 Å². The Hall–Kier alpha value is -1.51. The maximum absolute atomic E-state index is 11.4. The number of hydrogen-bond donors (Lipinski definition) is 1. The van der Waals surface area contributed by atoms with Crippen molar-refractivity contribution in [2.45, 2.75) is 26.8 Å². The topological polar surface area (TPSA) is 32.3 Å². The molecule has 15 heavy (non-hydrogen) atoms. The number of nitrogens with one attached hydrogen (secondary N) is 1. The molecule has 0 aromatic rings. The molecule has 0 aliphatic carbocycles. The lowest BCUT2D eigenvalue weighted by atomic mass is 10.1. The Morgan fingerprint density at radius 2 is 1.87 bits per heavy atom. The van der Waals surface area contributed by atoms with Gasteiger partial charge in [-0.25, -0.2) is 0 Å². The number of hydrogen-bond acceptors (Lipinski definition) is 2. The van der Waals surface area contributed by atoms with E-state index < -0.39 is 0 Å². The molecule has 0 saturated heterocycles. The van der Waals surface area contributed by atoms with E-state index in [1.54, 1.807) is 12.2 Å². The van der Waals surface area contributed by atoms with E-state index in [0.29, 0.717) is 0 Å². The molecule has 84 valence electrons. The van der Waals surface area contributed by atoms with Gasteiger partial charge in [-0.1, -0.05) is 27.0 Å². The van der Waals surface area contributed by atoms with Crippen molar-refractivity contribution >= 4 is 5.91 Å². The molecule has 0 fully saturated rings. The van der Waals surface area contributed by atoms with Gasteiger partial charge in [-0.05, 0) is 19.1 Å². The molecule has 1 heterocycles. The summed E-state index contributed by atoms with van der Waals surface area (Å²) in [5, 5.41) is 2.76. The highest BCUT2D eigenvalue weighted by Gasteiger charge is 2.25. The number of likely N-dealkylation sites (N-methyl/N-ethyl adjacent to an activating group) is 1. The quantitative estimate of drug-likeness (QED) is 0.753. The molecule has 0 aromatic heterocycles. The third-order valence-corrected chi connectivity index (χ3v) is 2.27. The number of amides is 1. The lowest BCUT2D eigenvalue weighted by Crippen LogP contribution is -2.47. The summed E-state index contributed by atoms with van der Waals surface area (Å²) in [6.45, 7) is 13.2. The van der Waals surface area contributed by atoms with Crippen LogP contribution in [-0.2, 0) is 4.79 Å². The fourth-order valence-electron chi connectivity index (χ4n) is 1.29. The van der Waals surface area contributed by atoms with Crippen LogP contribution >= 0.6 is 0 Å². The van der Waals surface area contributed by atoms with Crippen LogP contribution in [-0.4, -0.2) is 23.9 Å². The second-order valence-electron chi connectivity index (χ2n) is 2.98. The highest BCUT2D eigenvalue weighted by atomic mass is 16.2. The molecular weight excluding hydrogens is 188 g/mol. The van der Waals surface area contributed by atoms with Crippen molar-refractivity contribution in [1.29, 1.82) is 0 Å². The molecule has 0 aromatic carbocycles. The molecule has 1 amide bonds. The monoisotopic (exact) mass is 208 g/mol. The van der Waals surface area contributed by atoms with Crippen LogP contribution in [0, 0.1) is 0 Å². The van der Waals surface area contributed by atoms with Crippen molar-refractivity contribution in [1.82, 2.24) is 10.2 Å². The summed E-state index contributed by atoms with van der Waals surface area (Å²) in [4.78, 5) is 13.2. The summed E-state index contributed by atoms with van der Waals surface area (Å²) >= 11 is 0. The fourth-order valence-corrected chi connectivity index (χ4v) is 1.29. The maximum Gasteiger partial charge on any atom is 0.246 e. The number of nitrogens with zero attached hydrogens (tertiary/aromatic N) is 1. The van der Waals surface area contributed by atoms with Crippen molar-refractivity contribution in [3.63, 3.8) is 0 Å². The summed E-state index contributed by atoms with van der Waals surface area (Å²) in [5.74, 6) is -0.0111. The maximum atomic E-state index is 11.4. The van der Waals surface area contributed by atoms with Crippen LogP contribution in [0.4, 0.5) is 0 Å². The molecule has 0 radical (unpaired) electrons. The minimum Gasteiger partial charge on any atom is -0.361 e. The highest BCUT2D eigenvalue weighted by Crippen LogP contribution is 2.17. The number of carbonyl (C=O) groups excluding carboxylic acids is 1. The Kier molecular flexibility index (Phi) is 5.45. The van der Waals surface area contributed by atoms with Crippen LogP contribution < -0.4 is 5.32 Å². The Morgan fingerprint density at radius 1 is 1.33 bits per heavy atom. The van der Waals surface area contributed by atoms with E-state index in [4.69, 9.17) is 0 Å². The third kappa shape index (κ3) is 2.72. The molecule has 1 atom stereocenters. The van der Waals surface area contributed by atoms with Gasteiger partial charge in [-0.15, -0.1) is 0 Å². The zero-order valence-corrected chi connectivity index (χ0v) is 10.0. The molecule has 0 spiro atoms. The molecule has 3 nitrogen and oxygen atoms in total. The standard InChI is InChI=1S/C10H14N2O.C2H6/c1-5-8-9(6-2)12(4)7(3)10(13)11-8;1-2/h5-7H,1-2H2,3-4H3,(H,11,13);1-2H3. The fraction of sp³-hybridized carbons (Fsp3) is 0.417. The SMILES string of the molecule is C=CC1=C(C=C)N(C)C(C)C(=O)N1.CC. The van der Waals surface area contributed by atoms with Crippen molar-refractivity contribution in [3.8, 4) is 0 Å². The molecule has 1 N–H and O–H groups in total. The molecule has 0 bridgehead atoms. The van der Waals surface area contributed by atoms with Crippen LogP contribution in [0.3, 0.4) is 0 Å². The molecule has 1 aliphatic rings. The average molecular weight is 208 g/mol. The number of allylic oxidation sites excluding steroid dienone is 2.